The number of nitrogens with zero attached hydrogens (tertiary/aromatic N) is 2. The summed E-state index contributed by atoms with van der Waals surface area (Å²) < 4.78 is 5.72. The molecule has 1 aliphatic rings. The molecule has 0 unspecified atom stereocenters. The van der Waals surface area contributed by atoms with Crippen molar-refractivity contribution in [3.05, 3.63) is 68.7 Å². The number of unbranched alkanes of at least 4 members (excludes halogenated alkanes) is 1. The first-order valence-corrected chi connectivity index (χ1v) is 9.78. The lowest BCUT2D eigenvalue weighted by Crippen LogP contribution is -2.54. The number of halogens is 1. The summed E-state index contributed by atoms with van der Waals surface area (Å²) in [6, 6.07) is 8.67. The van der Waals surface area contributed by atoms with Gasteiger partial charge in [-0.1, -0.05) is 24.9 Å². The van der Waals surface area contributed by atoms with Gasteiger partial charge in [-0.25, -0.2) is 9.69 Å². The highest BCUT2D eigenvalue weighted by Gasteiger charge is 2.37. The standard InChI is InChI=1S/C21H18ClN3O6/c1-2-3-10-31-18-9-4-14(22)11-13(18)12-17-19(26)23-21(28)24(20(17)27)15-5-7-16(8-6-15)25(29)30/h4-9,11-12H,2-3,10H2,1H3,(H,23,26,28)/b17-12-. The van der Waals surface area contributed by atoms with E-state index in [0.29, 0.717) is 22.9 Å². The van der Waals surface area contributed by atoms with Crippen LogP contribution in [0.25, 0.3) is 6.08 Å². The molecule has 160 valence electrons. The zero-order valence-corrected chi connectivity index (χ0v) is 17.2. The number of rotatable bonds is 7. The second kappa shape index (κ2) is 9.40. The number of anilines is 1. The van der Waals surface area contributed by atoms with Gasteiger partial charge < -0.3 is 4.74 Å². The van der Waals surface area contributed by atoms with Gasteiger partial charge in [0.1, 0.15) is 11.3 Å². The molecule has 0 bridgehead atoms. The van der Waals surface area contributed by atoms with E-state index >= 15 is 0 Å². The van der Waals surface area contributed by atoms with Crippen molar-refractivity contribution < 1.29 is 24.0 Å². The molecule has 2 aromatic carbocycles. The Morgan fingerprint density at radius 3 is 2.52 bits per heavy atom. The quantitative estimate of drug-likeness (QED) is 0.226. The summed E-state index contributed by atoms with van der Waals surface area (Å²) in [6.07, 6.45) is 3.05. The van der Waals surface area contributed by atoms with E-state index in [9.17, 15) is 24.5 Å². The fourth-order valence-electron chi connectivity index (χ4n) is 2.86. The lowest BCUT2D eigenvalue weighted by molar-refractivity contribution is -0.384. The number of imide groups is 2. The van der Waals surface area contributed by atoms with Gasteiger partial charge in [0.2, 0.25) is 0 Å². The minimum atomic E-state index is -0.952. The molecule has 1 N–H and O–H groups in total. The van der Waals surface area contributed by atoms with Gasteiger partial charge in [0, 0.05) is 22.7 Å². The highest BCUT2D eigenvalue weighted by Crippen LogP contribution is 2.28. The number of nitro benzene ring substituents is 1. The fourth-order valence-corrected chi connectivity index (χ4v) is 3.04. The highest BCUT2D eigenvalue weighted by molar-refractivity contribution is 6.39. The molecule has 0 atom stereocenters. The van der Waals surface area contributed by atoms with E-state index in [1.54, 1.807) is 18.2 Å². The molecule has 31 heavy (non-hydrogen) atoms. The van der Waals surface area contributed by atoms with Crippen LogP contribution < -0.4 is 15.0 Å². The molecule has 0 aliphatic carbocycles. The van der Waals surface area contributed by atoms with E-state index in [-0.39, 0.29) is 16.9 Å². The van der Waals surface area contributed by atoms with Crippen LogP contribution in [0.2, 0.25) is 5.02 Å². The van der Waals surface area contributed by atoms with Crippen molar-refractivity contribution >= 4 is 46.9 Å². The Morgan fingerprint density at radius 1 is 1.16 bits per heavy atom. The Kier molecular flexibility index (Phi) is 6.66. The SMILES string of the molecule is CCCCOc1ccc(Cl)cc1/C=C1/C(=O)NC(=O)N(c2ccc([N+](=O)[O-])cc2)C1=O. The summed E-state index contributed by atoms with van der Waals surface area (Å²) in [5.74, 6) is -1.31. The normalized spacial score (nSPS) is 15.2. The molecule has 1 aliphatic heterocycles. The van der Waals surface area contributed by atoms with Crippen molar-refractivity contribution in [2.45, 2.75) is 19.8 Å². The fraction of sp³-hybridized carbons (Fsp3) is 0.190. The first kappa shape index (κ1) is 22.0. The number of hydrogen-bond acceptors (Lipinski definition) is 6. The molecule has 0 spiro atoms. The third kappa shape index (κ3) is 4.89. The molecule has 0 radical (unpaired) electrons. The summed E-state index contributed by atoms with van der Waals surface area (Å²) in [7, 11) is 0. The minimum absolute atomic E-state index is 0.0806. The highest BCUT2D eigenvalue weighted by atomic mass is 35.5. The van der Waals surface area contributed by atoms with Gasteiger partial charge in [-0.05, 0) is 42.8 Å². The number of hydrogen-bond donors (Lipinski definition) is 1. The third-order valence-electron chi connectivity index (χ3n) is 4.45. The van der Waals surface area contributed by atoms with E-state index < -0.39 is 22.8 Å². The predicted octanol–water partition coefficient (Wildman–Crippen LogP) is 4.09. The van der Waals surface area contributed by atoms with Crippen LogP contribution in [0, 0.1) is 10.1 Å². The van der Waals surface area contributed by atoms with Crippen molar-refractivity contribution in [3.63, 3.8) is 0 Å². The largest absolute Gasteiger partial charge is 0.493 e. The third-order valence-corrected chi connectivity index (χ3v) is 4.68. The Bertz CT molecular complexity index is 1080. The molecule has 2 aromatic rings. The van der Waals surface area contributed by atoms with Gasteiger partial charge in [-0.15, -0.1) is 0 Å². The average molecular weight is 444 g/mol. The first-order chi connectivity index (χ1) is 14.8. The van der Waals surface area contributed by atoms with E-state index in [4.69, 9.17) is 16.3 Å². The van der Waals surface area contributed by atoms with Gasteiger partial charge in [0.05, 0.1) is 17.2 Å². The number of nitro groups is 1. The lowest BCUT2D eigenvalue weighted by Gasteiger charge is -2.26. The van der Waals surface area contributed by atoms with Crippen LogP contribution >= 0.6 is 11.6 Å². The Balaban J connectivity index is 1.97. The number of non-ortho nitro benzene ring substituents is 1. The maximum Gasteiger partial charge on any atom is 0.335 e. The summed E-state index contributed by atoms with van der Waals surface area (Å²) in [4.78, 5) is 48.6. The summed E-state index contributed by atoms with van der Waals surface area (Å²) >= 11 is 6.07. The van der Waals surface area contributed by atoms with Crippen molar-refractivity contribution in [2.24, 2.45) is 0 Å². The Labute approximate surface area is 182 Å². The van der Waals surface area contributed by atoms with E-state index in [2.05, 4.69) is 5.32 Å². The molecule has 10 heteroatoms. The van der Waals surface area contributed by atoms with Crippen LogP contribution in [-0.2, 0) is 9.59 Å². The number of urea groups is 1. The van der Waals surface area contributed by atoms with Gasteiger partial charge >= 0.3 is 6.03 Å². The van der Waals surface area contributed by atoms with Gasteiger partial charge in [0.25, 0.3) is 17.5 Å². The smallest absolute Gasteiger partial charge is 0.335 e. The number of benzene rings is 2. The first-order valence-electron chi connectivity index (χ1n) is 9.40. The molecule has 1 saturated heterocycles. The molecule has 0 aromatic heterocycles. The van der Waals surface area contributed by atoms with Crippen molar-refractivity contribution in [2.75, 3.05) is 11.5 Å². The zero-order chi connectivity index (χ0) is 22.5. The number of carbonyl (C=O) groups is 3. The number of ether oxygens (including phenoxy) is 1. The number of amides is 4. The summed E-state index contributed by atoms with van der Waals surface area (Å²) in [6.45, 7) is 2.46. The molecule has 0 saturated carbocycles. The van der Waals surface area contributed by atoms with E-state index in [1.807, 2.05) is 6.92 Å². The van der Waals surface area contributed by atoms with Crippen LogP contribution in [0.1, 0.15) is 25.3 Å². The molecule has 3 rings (SSSR count). The monoisotopic (exact) mass is 443 g/mol. The second-order valence-corrected chi connectivity index (χ2v) is 7.05. The van der Waals surface area contributed by atoms with Crippen LogP contribution in [0.3, 0.4) is 0 Å². The van der Waals surface area contributed by atoms with E-state index in [0.717, 1.165) is 29.9 Å². The lowest BCUT2D eigenvalue weighted by atomic mass is 10.1. The zero-order valence-electron chi connectivity index (χ0n) is 16.5. The maximum atomic E-state index is 13.0. The molecule has 9 nitrogen and oxygen atoms in total. The topological polar surface area (TPSA) is 119 Å². The average Bonchev–Trinajstić information content (AvgIpc) is 2.73. The van der Waals surface area contributed by atoms with Crippen LogP contribution in [-0.4, -0.2) is 29.4 Å². The van der Waals surface area contributed by atoms with Crippen LogP contribution in [0.15, 0.2) is 48.0 Å². The van der Waals surface area contributed by atoms with Crippen LogP contribution in [0.4, 0.5) is 16.2 Å². The molecule has 1 fully saturated rings. The van der Waals surface area contributed by atoms with Gasteiger partial charge in [-0.2, -0.15) is 0 Å². The Morgan fingerprint density at radius 2 is 1.87 bits per heavy atom. The molecular formula is C21H18ClN3O6. The minimum Gasteiger partial charge on any atom is -0.493 e. The number of barbiturate groups is 1. The summed E-state index contributed by atoms with van der Waals surface area (Å²) in [5.41, 5.74) is -0.0223. The predicted molar refractivity (Wildman–Crippen MR) is 114 cm³/mol. The number of nitrogens with one attached hydrogen (secondary N) is 1. The molecular weight excluding hydrogens is 426 g/mol. The van der Waals surface area contributed by atoms with Gasteiger partial charge in [-0.3, -0.25) is 25.0 Å². The van der Waals surface area contributed by atoms with Gasteiger partial charge in [0.15, 0.2) is 0 Å². The molecule has 1 heterocycles. The maximum absolute atomic E-state index is 13.0. The van der Waals surface area contributed by atoms with Crippen molar-refractivity contribution in [1.29, 1.82) is 0 Å². The number of carbonyl (C=O) groups excluding carboxylic acids is 3. The van der Waals surface area contributed by atoms with Crippen LogP contribution in [0.5, 0.6) is 5.75 Å². The second-order valence-electron chi connectivity index (χ2n) is 6.62. The Hall–Kier alpha value is -3.72. The van der Waals surface area contributed by atoms with Crippen molar-refractivity contribution in [1.82, 2.24) is 5.32 Å². The van der Waals surface area contributed by atoms with Crippen molar-refractivity contribution in [3.8, 4) is 5.75 Å². The van der Waals surface area contributed by atoms with E-state index in [1.165, 1.54) is 18.2 Å². The summed E-state index contributed by atoms with van der Waals surface area (Å²) in [5, 5.41) is 13.3. The molecule has 4 amide bonds.